The molecule has 88 valence electrons. The first-order chi connectivity index (χ1) is 8.08. The molecule has 0 N–H and O–H groups in total. The molecule has 0 amide bonds. The lowest BCUT2D eigenvalue weighted by Gasteiger charge is -2.19. The van der Waals surface area contributed by atoms with Gasteiger partial charge in [-0.2, -0.15) is 4.98 Å². The number of halogens is 3. The molecule has 17 heavy (non-hydrogen) atoms. The van der Waals surface area contributed by atoms with Gasteiger partial charge in [-0.25, -0.2) is 9.37 Å². The Morgan fingerprint density at radius 2 is 1.82 bits per heavy atom. The maximum Gasteiger partial charge on any atom is 0.224 e. The monoisotopic (exact) mass is 271 g/mol. The molecule has 6 heteroatoms. The predicted octanol–water partition coefficient (Wildman–Crippen LogP) is 3.69. The minimum Gasteiger partial charge on any atom is -0.328 e. The van der Waals surface area contributed by atoms with Crippen molar-refractivity contribution in [3.63, 3.8) is 0 Å². The second kappa shape index (κ2) is 4.85. The molecule has 0 aliphatic carbocycles. The van der Waals surface area contributed by atoms with Crippen LogP contribution in [-0.2, 0) is 0 Å². The van der Waals surface area contributed by atoms with Crippen LogP contribution in [0.5, 0.6) is 0 Å². The number of rotatable bonds is 2. The number of hydrogen-bond acceptors (Lipinski definition) is 3. The van der Waals surface area contributed by atoms with E-state index >= 15 is 0 Å². The summed E-state index contributed by atoms with van der Waals surface area (Å²) in [5.41, 5.74) is 0.753. The first-order valence-electron chi connectivity index (χ1n) is 4.75. The average Bonchev–Trinajstić information content (AvgIpc) is 2.32. The molecule has 3 nitrogen and oxygen atoms in total. The van der Waals surface area contributed by atoms with E-state index in [4.69, 9.17) is 23.2 Å². The van der Waals surface area contributed by atoms with Crippen LogP contribution in [0, 0.1) is 5.82 Å². The minimum absolute atomic E-state index is 0.110. The highest BCUT2D eigenvalue weighted by Gasteiger charge is 2.11. The zero-order valence-electron chi connectivity index (χ0n) is 8.86. The number of anilines is 2. The van der Waals surface area contributed by atoms with E-state index in [0.717, 1.165) is 5.69 Å². The average molecular weight is 272 g/mol. The molecule has 2 rings (SSSR count). The molecule has 0 saturated carbocycles. The molecular weight excluding hydrogens is 264 g/mol. The molecule has 0 fully saturated rings. The van der Waals surface area contributed by atoms with Gasteiger partial charge < -0.3 is 4.90 Å². The summed E-state index contributed by atoms with van der Waals surface area (Å²) in [6, 6.07) is 5.98. The molecule has 0 saturated heterocycles. The van der Waals surface area contributed by atoms with Crippen molar-refractivity contribution in [1.82, 2.24) is 9.97 Å². The molecule has 1 heterocycles. The summed E-state index contributed by atoms with van der Waals surface area (Å²) in [7, 11) is 1.76. The molecule has 0 aliphatic heterocycles. The van der Waals surface area contributed by atoms with Crippen molar-refractivity contribution in [3.8, 4) is 0 Å². The first kappa shape index (κ1) is 12.1. The first-order valence-corrected chi connectivity index (χ1v) is 5.51. The molecular formula is C11H8Cl2FN3. The molecule has 0 radical (unpaired) electrons. The zero-order chi connectivity index (χ0) is 12.4. The van der Waals surface area contributed by atoms with E-state index in [2.05, 4.69) is 9.97 Å². The maximum atomic E-state index is 12.8. The summed E-state index contributed by atoms with van der Waals surface area (Å²) >= 11 is 11.7. The van der Waals surface area contributed by atoms with E-state index in [9.17, 15) is 4.39 Å². The molecule has 1 aromatic carbocycles. The Morgan fingerprint density at radius 3 is 2.47 bits per heavy atom. The third-order valence-electron chi connectivity index (χ3n) is 2.23. The Bertz CT molecular complexity index is 531. The zero-order valence-corrected chi connectivity index (χ0v) is 10.4. The Labute approximate surface area is 108 Å². The van der Waals surface area contributed by atoms with Crippen LogP contribution in [0.1, 0.15) is 0 Å². The highest BCUT2D eigenvalue weighted by atomic mass is 35.5. The van der Waals surface area contributed by atoms with Crippen LogP contribution >= 0.6 is 23.2 Å². The van der Waals surface area contributed by atoms with E-state index in [1.165, 1.54) is 18.3 Å². The molecule has 0 spiro atoms. The fraction of sp³-hybridized carbons (Fsp3) is 0.0909. The molecule has 2 aromatic rings. The van der Waals surface area contributed by atoms with Crippen molar-refractivity contribution in [1.29, 1.82) is 0 Å². The Hall–Kier alpha value is -1.39. The maximum absolute atomic E-state index is 12.8. The van der Waals surface area contributed by atoms with Gasteiger partial charge in [-0.15, -0.1) is 0 Å². The van der Waals surface area contributed by atoms with E-state index in [1.54, 1.807) is 24.1 Å². The Kier molecular flexibility index (Phi) is 3.45. The summed E-state index contributed by atoms with van der Waals surface area (Å²) in [6.45, 7) is 0. The number of benzene rings is 1. The summed E-state index contributed by atoms with van der Waals surface area (Å²) < 4.78 is 12.8. The Balaban J connectivity index is 2.39. The van der Waals surface area contributed by atoms with Crippen molar-refractivity contribution in [2.45, 2.75) is 0 Å². The third-order valence-corrected chi connectivity index (χ3v) is 2.68. The second-order valence-corrected chi connectivity index (χ2v) is 4.09. The summed E-state index contributed by atoms with van der Waals surface area (Å²) in [5, 5.41) is 0.486. The lowest BCUT2D eigenvalue weighted by Crippen LogP contribution is -2.12. The van der Waals surface area contributed by atoms with Crippen LogP contribution in [0.3, 0.4) is 0 Å². The molecule has 0 unspecified atom stereocenters. The molecule has 0 bridgehead atoms. The van der Waals surface area contributed by atoms with Gasteiger partial charge in [0.1, 0.15) is 10.8 Å². The van der Waals surface area contributed by atoms with Crippen LogP contribution in [0.25, 0.3) is 0 Å². The molecule has 0 aliphatic rings. The van der Waals surface area contributed by atoms with E-state index in [0.29, 0.717) is 10.8 Å². The largest absolute Gasteiger partial charge is 0.328 e. The van der Waals surface area contributed by atoms with Crippen LogP contribution < -0.4 is 4.90 Å². The van der Waals surface area contributed by atoms with Crippen molar-refractivity contribution < 1.29 is 4.39 Å². The van der Waals surface area contributed by atoms with E-state index in [1.807, 2.05) is 0 Å². The van der Waals surface area contributed by atoms with Crippen LogP contribution in [0.2, 0.25) is 10.3 Å². The summed E-state index contributed by atoms with van der Waals surface area (Å²) in [6.07, 6.45) is 1.42. The van der Waals surface area contributed by atoms with Gasteiger partial charge in [-0.3, -0.25) is 0 Å². The quantitative estimate of drug-likeness (QED) is 0.781. The normalized spacial score (nSPS) is 10.4. The lowest BCUT2D eigenvalue weighted by molar-refractivity contribution is 0.628. The smallest absolute Gasteiger partial charge is 0.224 e. The van der Waals surface area contributed by atoms with Crippen LogP contribution in [-0.4, -0.2) is 17.0 Å². The van der Waals surface area contributed by atoms with Crippen molar-refractivity contribution in [2.24, 2.45) is 0 Å². The standard InChI is InChI=1S/C11H8Cl2FN3/c1-17(8-4-2-7(14)3-5-8)10-9(12)6-15-11(13)16-10/h2-6H,1H3. The van der Waals surface area contributed by atoms with Gasteiger partial charge in [-0.1, -0.05) is 11.6 Å². The highest BCUT2D eigenvalue weighted by molar-refractivity contribution is 6.33. The predicted molar refractivity (Wildman–Crippen MR) is 66.5 cm³/mol. The van der Waals surface area contributed by atoms with Crippen molar-refractivity contribution in [3.05, 3.63) is 46.6 Å². The van der Waals surface area contributed by atoms with Gasteiger partial charge in [0.05, 0.1) is 6.20 Å². The number of nitrogens with zero attached hydrogens (tertiary/aromatic N) is 3. The third kappa shape index (κ3) is 2.65. The van der Waals surface area contributed by atoms with Gasteiger partial charge in [0.15, 0.2) is 5.82 Å². The van der Waals surface area contributed by atoms with Gasteiger partial charge >= 0.3 is 0 Å². The van der Waals surface area contributed by atoms with Gasteiger partial charge in [0.2, 0.25) is 5.28 Å². The van der Waals surface area contributed by atoms with Gasteiger partial charge in [0.25, 0.3) is 0 Å². The fourth-order valence-corrected chi connectivity index (χ4v) is 1.71. The summed E-state index contributed by atoms with van der Waals surface area (Å²) in [4.78, 5) is 9.49. The second-order valence-electron chi connectivity index (χ2n) is 3.35. The SMILES string of the molecule is CN(c1ccc(F)cc1)c1nc(Cl)ncc1Cl. The van der Waals surface area contributed by atoms with Crippen molar-refractivity contribution >= 4 is 34.7 Å². The Morgan fingerprint density at radius 1 is 1.18 bits per heavy atom. The van der Waals surface area contributed by atoms with Crippen LogP contribution in [0.4, 0.5) is 15.9 Å². The molecule has 0 atom stereocenters. The van der Waals surface area contributed by atoms with Crippen molar-refractivity contribution in [2.75, 3.05) is 11.9 Å². The van der Waals surface area contributed by atoms with Crippen LogP contribution in [0.15, 0.2) is 30.5 Å². The van der Waals surface area contributed by atoms with Gasteiger partial charge in [-0.05, 0) is 35.9 Å². The number of hydrogen-bond donors (Lipinski definition) is 0. The minimum atomic E-state index is -0.297. The van der Waals surface area contributed by atoms with E-state index < -0.39 is 0 Å². The lowest BCUT2D eigenvalue weighted by atomic mass is 10.3. The summed E-state index contributed by atoms with van der Waals surface area (Å²) in [5.74, 6) is 0.173. The van der Waals surface area contributed by atoms with E-state index in [-0.39, 0.29) is 11.1 Å². The van der Waals surface area contributed by atoms with Gasteiger partial charge in [0, 0.05) is 12.7 Å². The fourth-order valence-electron chi connectivity index (χ4n) is 1.36. The topological polar surface area (TPSA) is 29.0 Å². The highest BCUT2D eigenvalue weighted by Crippen LogP contribution is 2.28. The number of aromatic nitrogens is 2. The molecule has 1 aromatic heterocycles.